The summed E-state index contributed by atoms with van der Waals surface area (Å²) in [6.45, 7) is 4.34. The van der Waals surface area contributed by atoms with Gasteiger partial charge in [-0.1, -0.05) is 19.1 Å². The van der Waals surface area contributed by atoms with Gasteiger partial charge in [0.25, 0.3) is 0 Å². The first-order valence-corrected chi connectivity index (χ1v) is 9.82. The summed E-state index contributed by atoms with van der Waals surface area (Å²) in [4.78, 5) is 44.7. The topological polar surface area (TPSA) is 129 Å². The van der Waals surface area contributed by atoms with Gasteiger partial charge in [0, 0.05) is 12.8 Å². The summed E-state index contributed by atoms with van der Waals surface area (Å²) in [5, 5.41) is 5.43. The number of imidazole rings is 1. The molecule has 30 heavy (non-hydrogen) atoms. The van der Waals surface area contributed by atoms with Crippen molar-refractivity contribution in [1.29, 1.82) is 0 Å². The van der Waals surface area contributed by atoms with Crippen molar-refractivity contribution in [3.05, 3.63) is 52.4 Å². The second-order valence-corrected chi connectivity index (χ2v) is 6.99. The van der Waals surface area contributed by atoms with Crippen molar-refractivity contribution in [2.24, 2.45) is 0 Å². The highest BCUT2D eigenvalue weighted by Crippen LogP contribution is 2.15. The Morgan fingerprint density at radius 1 is 1.13 bits per heavy atom. The Morgan fingerprint density at radius 2 is 1.93 bits per heavy atom. The van der Waals surface area contributed by atoms with Gasteiger partial charge in [0.05, 0.1) is 12.1 Å². The van der Waals surface area contributed by atoms with Crippen LogP contribution in [-0.4, -0.2) is 39.4 Å². The number of aromatic nitrogens is 3. The highest BCUT2D eigenvalue weighted by atomic mass is 16.5. The Hall–Kier alpha value is -3.62. The Bertz CT molecular complexity index is 1090. The molecule has 3 aromatic rings. The quantitative estimate of drug-likeness (QED) is 0.429. The molecule has 9 heteroatoms. The van der Waals surface area contributed by atoms with Crippen LogP contribution in [0.3, 0.4) is 0 Å². The van der Waals surface area contributed by atoms with E-state index < -0.39 is 0 Å². The molecule has 2 aromatic heterocycles. The van der Waals surface area contributed by atoms with Crippen LogP contribution < -0.4 is 21.1 Å². The molecule has 0 saturated heterocycles. The van der Waals surface area contributed by atoms with E-state index in [0.29, 0.717) is 23.5 Å². The minimum atomic E-state index is -0.366. The van der Waals surface area contributed by atoms with Crippen LogP contribution in [0.25, 0.3) is 11.2 Å². The third kappa shape index (κ3) is 5.94. The molecule has 2 amide bonds. The molecule has 0 spiro atoms. The third-order valence-electron chi connectivity index (χ3n) is 4.50. The van der Waals surface area contributed by atoms with E-state index >= 15 is 0 Å². The summed E-state index contributed by atoms with van der Waals surface area (Å²) in [7, 11) is 0. The maximum atomic E-state index is 12.1. The van der Waals surface area contributed by atoms with E-state index in [4.69, 9.17) is 4.74 Å². The van der Waals surface area contributed by atoms with Gasteiger partial charge in [-0.3, -0.25) is 14.6 Å². The number of H-pyrrole nitrogens is 2. The van der Waals surface area contributed by atoms with E-state index in [1.54, 1.807) is 12.1 Å². The van der Waals surface area contributed by atoms with Crippen LogP contribution in [0.4, 0.5) is 5.82 Å². The van der Waals surface area contributed by atoms with E-state index in [-0.39, 0.29) is 36.4 Å². The van der Waals surface area contributed by atoms with Crippen LogP contribution in [0, 0.1) is 6.92 Å². The number of fused-ring (bicyclic) bond motifs is 1. The average molecular weight is 411 g/mol. The number of anilines is 1. The number of carbonyl (C=O) groups excluding carboxylic acids is 2. The molecule has 0 radical (unpaired) electrons. The van der Waals surface area contributed by atoms with E-state index in [9.17, 15) is 14.4 Å². The first-order valence-electron chi connectivity index (χ1n) is 9.82. The minimum absolute atomic E-state index is 0.0186. The molecular formula is C21H25N5O4. The lowest BCUT2D eigenvalue weighted by Crippen LogP contribution is -2.35. The lowest BCUT2D eigenvalue weighted by Gasteiger charge is -2.18. The average Bonchev–Trinajstić information content (AvgIpc) is 3.08. The van der Waals surface area contributed by atoms with Gasteiger partial charge >= 0.3 is 5.69 Å². The largest absolute Gasteiger partial charge is 0.489 e. The van der Waals surface area contributed by atoms with Crippen molar-refractivity contribution in [1.82, 2.24) is 20.3 Å². The lowest BCUT2D eigenvalue weighted by molar-refractivity contribution is -0.124. The summed E-state index contributed by atoms with van der Waals surface area (Å²) in [5.41, 5.74) is 1.65. The molecule has 1 aromatic carbocycles. The molecule has 0 bridgehead atoms. The Kier molecular flexibility index (Phi) is 6.84. The van der Waals surface area contributed by atoms with Crippen LogP contribution in [0.1, 0.15) is 31.7 Å². The molecule has 3 rings (SSSR count). The molecule has 158 valence electrons. The van der Waals surface area contributed by atoms with Gasteiger partial charge in [-0.05, 0) is 43.2 Å². The van der Waals surface area contributed by atoms with Gasteiger partial charge in [0.15, 0.2) is 5.65 Å². The SMILES string of the molecule is CCC(CNC(=O)CCC(=O)Nc1ccc2[nH]c(=O)[nH]c2n1)Oc1cccc(C)c1. The van der Waals surface area contributed by atoms with E-state index in [1.165, 1.54) is 0 Å². The van der Waals surface area contributed by atoms with Crippen molar-refractivity contribution in [2.45, 2.75) is 39.2 Å². The number of amides is 2. The number of hydrogen-bond donors (Lipinski definition) is 4. The van der Waals surface area contributed by atoms with Crippen molar-refractivity contribution < 1.29 is 14.3 Å². The Balaban J connectivity index is 1.42. The maximum absolute atomic E-state index is 12.1. The van der Waals surface area contributed by atoms with Gasteiger partial charge in [-0.2, -0.15) is 0 Å². The molecule has 1 unspecified atom stereocenters. The third-order valence-corrected chi connectivity index (χ3v) is 4.50. The molecule has 0 aliphatic rings. The number of rotatable bonds is 9. The maximum Gasteiger partial charge on any atom is 0.325 e. The number of benzene rings is 1. The van der Waals surface area contributed by atoms with Gasteiger partial charge in [0.1, 0.15) is 17.7 Å². The fourth-order valence-corrected chi connectivity index (χ4v) is 2.88. The van der Waals surface area contributed by atoms with Crippen LogP contribution >= 0.6 is 0 Å². The molecule has 0 aliphatic heterocycles. The first-order chi connectivity index (χ1) is 14.4. The summed E-state index contributed by atoms with van der Waals surface area (Å²) in [6.07, 6.45) is 0.661. The number of nitrogens with one attached hydrogen (secondary N) is 4. The number of ether oxygens (including phenoxy) is 1. The predicted octanol–water partition coefficient (Wildman–Crippen LogP) is 2.25. The van der Waals surface area contributed by atoms with Crippen molar-refractivity contribution in [3.8, 4) is 5.75 Å². The minimum Gasteiger partial charge on any atom is -0.489 e. The van der Waals surface area contributed by atoms with Gasteiger partial charge in [0.2, 0.25) is 11.8 Å². The standard InChI is InChI=1S/C21H25N5O4/c1-3-14(30-15-6-4-5-13(2)11-15)12-22-18(27)9-10-19(28)24-17-8-7-16-20(25-17)26-21(29)23-16/h4-8,11,14H,3,9-10,12H2,1-2H3,(H,22,27)(H3,23,24,25,26,28,29). The molecule has 9 nitrogen and oxygen atoms in total. The van der Waals surface area contributed by atoms with Crippen LogP contribution in [-0.2, 0) is 9.59 Å². The van der Waals surface area contributed by atoms with Gasteiger partial charge in [-0.15, -0.1) is 0 Å². The molecule has 1 atom stereocenters. The monoisotopic (exact) mass is 411 g/mol. The number of carbonyl (C=O) groups is 2. The van der Waals surface area contributed by atoms with Crippen LogP contribution in [0.2, 0.25) is 0 Å². The zero-order chi connectivity index (χ0) is 21.5. The molecule has 0 fully saturated rings. The fraction of sp³-hybridized carbons (Fsp3) is 0.333. The highest BCUT2D eigenvalue weighted by molar-refractivity contribution is 5.93. The summed E-state index contributed by atoms with van der Waals surface area (Å²) in [5.74, 6) is 0.511. The number of nitrogens with zero attached hydrogens (tertiary/aromatic N) is 1. The second kappa shape index (κ2) is 9.73. The van der Waals surface area contributed by atoms with Crippen molar-refractivity contribution in [2.75, 3.05) is 11.9 Å². The summed E-state index contributed by atoms with van der Waals surface area (Å²) < 4.78 is 5.91. The highest BCUT2D eigenvalue weighted by Gasteiger charge is 2.12. The first kappa shape index (κ1) is 21.1. The van der Waals surface area contributed by atoms with Crippen LogP contribution in [0.15, 0.2) is 41.2 Å². The number of aromatic amines is 2. The molecule has 0 aliphatic carbocycles. The molecule has 2 heterocycles. The molecule has 0 saturated carbocycles. The zero-order valence-electron chi connectivity index (χ0n) is 17.0. The number of aryl methyl sites for hydroxylation is 1. The second-order valence-electron chi connectivity index (χ2n) is 6.99. The Morgan fingerprint density at radius 3 is 2.70 bits per heavy atom. The smallest absolute Gasteiger partial charge is 0.325 e. The van der Waals surface area contributed by atoms with E-state index in [2.05, 4.69) is 25.6 Å². The van der Waals surface area contributed by atoms with E-state index in [1.807, 2.05) is 38.1 Å². The number of hydrogen-bond acceptors (Lipinski definition) is 5. The summed E-state index contributed by atoms with van der Waals surface area (Å²) in [6, 6.07) is 11.0. The molecular weight excluding hydrogens is 386 g/mol. The Labute approximate surface area is 173 Å². The predicted molar refractivity (Wildman–Crippen MR) is 113 cm³/mol. The zero-order valence-corrected chi connectivity index (χ0v) is 17.0. The van der Waals surface area contributed by atoms with Crippen molar-refractivity contribution >= 4 is 28.8 Å². The normalized spacial score (nSPS) is 11.8. The lowest BCUT2D eigenvalue weighted by atomic mass is 10.2. The summed E-state index contributed by atoms with van der Waals surface area (Å²) >= 11 is 0. The van der Waals surface area contributed by atoms with Crippen LogP contribution in [0.5, 0.6) is 5.75 Å². The fourth-order valence-electron chi connectivity index (χ4n) is 2.88. The van der Waals surface area contributed by atoms with Gasteiger partial charge in [-0.25, -0.2) is 9.78 Å². The molecule has 4 N–H and O–H groups in total. The number of pyridine rings is 1. The van der Waals surface area contributed by atoms with Crippen molar-refractivity contribution in [3.63, 3.8) is 0 Å². The van der Waals surface area contributed by atoms with E-state index in [0.717, 1.165) is 17.7 Å². The van der Waals surface area contributed by atoms with Gasteiger partial charge < -0.3 is 20.4 Å².